The molecule has 0 unspecified atom stereocenters. The number of ether oxygens (including phenoxy) is 1. The molecule has 0 spiro atoms. The molecule has 0 aromatic heterocycles. The predicted octanol–water partition coefficient (Wildman–Crippen LogP) is 11.9. The lowest BCUT2D eigenvalue weighted by Gasteiger charge is -2.24. The van der Waals surface area contributed by atoms with Crippen molar-refractivity contribution in [3.63, 3.8) is 0 Å². The molecular weight excluding hydrogens is 520 g/mol. The maximum atomic E-state index is 9.28. The minimum absolute atomic E-state index is 0.519. The second-order valence-corrected chi connectivity index (χ2v) is 11.1. The smallest absolute Gasteiger partial charge is 0.135 e. The highest BCUT2D eigenvalue weighted by atomic mass is 16.5. The summed E-state index contributed by atoms with van der Waals surface area (Å²) in [5.41, 5.74) is 9.15. The molecule has 1 aliphatic rings. The van der Waals surface area contributed by atoms with Crippen molar-refractivity contribution in [3.8, 4) is 56.0 Å². The van der Waals surface area contributed by atoms with E-state index in [2.05, 4.69) is 127 Å². The van der Waals surface area contributed by atoms with Gasteiger partial charge in [0.25, 0.3) is 0 Å². The monoisotopic (exact) mass is 547 g/mol. The van der Waals surface area contributed by atoms with E-state index in [0.717, 1.165) is 66.2 Å². The van der Waals surface area contributed by atoms with Gasteiger partial charge in [0.2, 0.25) is 0 Å². The summed E-state index contributed by atoms with van der Waals surface area (Å²) in [5, 5.41) is 6.60. The third kappa shape index (κ3) is 3.65. The van der Waals surface area contributed by atoms with E-state index >= 15 is 0 Å². The fourth-order valence-electron chi connectivity index (χ4n) is 6.93. The molecule has 0 N–H and O–H groups in total. The van der Waals surface area contributed by atoms with Gasteiger partial charge in [-0.05, 0) is 90.1 Å². The highest BCUT2D eigenvalue weighted by molar-refractivity contribution is 6.24. The Morgan fingerprint density at radius 2 is 1.00 bits per heavy atom. The molecule has 0 saturated heterocycles. The lowest BCUT2D eigenvalue weighted by atomic mass is 9.83. The van der Waals surface area contributed by atoms with Crippen molar-refractivity contribution in [2.24, 2.45) is 0 Å². The second-order valence-electron chi connectivity index (χ2n) is 11.1. The maximum Gasteiger partial charge on any atom is 0.135 e. The number of rotatable bonds is 3. The van der Waals surface area contributed by atoms with Gasteiger partial charge in [0.05, 0.1) is 1.37 Å². The van der Waals surface area contributed by atoms with Gasteiger partial charge in [-0.15, -0.1) is 0 Å². The molecular formula is C42H26O. The van der Waals surface area contributed by atoms with Crippen LogP contribution in [0.4, 0.5) is 0 Å². The highest BCUT2D eigenvalue weighted by Crippen LogP contribution is 2.51. The molecule has 0 aliphatic carbocycles. The number of hydrogen-bond acceptors (Lipinski definition) is 1. The van der Waals surface area contributed by atoms with E-state index in [1.54, 1.807) is 0 Å². The molecule has 1 heteroatoms. The zero-order valence-electron chi connectivity index (χ0n) is 24.3. The number of fused-ring (bicyclic) bond motifs is 4. The fourth-order valence-corrected chi connectivity index (χ4v) is 6.93. The molecule has 0 atom stereocenters. The molecule has 1 nitrogen and oxygen atoms in total. The molecule has 0 fully saturated rings. The standard InChI is InChI=1S/C42H26O/c1-2-12-27(13-3-1)28-14-10-15-29(26-28)40-32-17-4-6-19-34(32)41(35-20-7-5-18-33(35)40)37-24-25-39-42-31(21-11-22-36(37)42)30-16-8-9-23-38(30)43-39/h1-26H/i19D. The molecule has 0 radical (unpaired) electrons. The topological polar surface area (TPSA) is 9.23 Å². The predicted molar refractivity (Wildman–Crippen MR) is 181 cm³/mol. The molecule has 0 saturated carbocycles. The van der Waals surface area contributed by atoms with Crippen molar-refractivity contribution in [1.29, 1.82) is 0 Å². The summed E-state index contributed by atoms with van der Waals surface area (Å²) in [6.07, 6.45) is 0. The Labute approximate surface area is 251 Å². The van der Waals surface area contributed by atoms with Crippen LogP contribution in [0.25, 0.3) is 76.8 Å². The van der Waals surface area contributed by atoms with Crippen molar-refractivity contribution in [2.75, 3.05) is 0 Å². The largest absolute Gasteiger partial charge is 0.456 e. The molecule has 8 aromatic carbocycles. The zero-order valence-corrected chi connectivity index (χ0v) is 23.3. The Balaban J connectivity index is 1.38. The quantitative estimate of drug-likeness (QED) is 0.200. The Kier molecular flexibility index (Phi) is 5.04. The van der Waals surface area contributed by atoms with E-state index in [0.29, 0.717) is 6.04 Å². The summed E-state index contributed by atoms with van der Waals surface area (Å²) in [5.74, 6) is 1.75. The minimum atomic E-state index is 0.519. The molecule has 0 amide bonds. The van der Waals surface area contributed by atoms with Crippen LogP contribution in [-0.2, 0) is 0 Å². The molecule has 1 heterocycles. The average molecular weight is 548 g/mol. The number of para-hydroxylation sites is 1. The molecule has 1 aliphatic heterocycles. The molecule has 8 aromatic rings. The molecule has 9 rings (SSSR count). The summed E-state index contributed by atoms with van der Waals surface area (Å²) in [7, 11) is 0. The van der Waals surface area contributed by atoms with Crippen LogP contribution in [0, 0.1) is 0 Å². The van der Waals surface area contributed by atoms with Crippen LogP contribution >= 0.6 is 0 Å². The molecule has 0 bridgehead atoms. The van der Waals surface area contributed by atoms with Gasteiger partial charge in [-0.25, -0.2) is 0 Å². The van der Waals surface area contributed by atoms with Crippen LogP contribution in [0.1, 0.15) is 1.37 Å². The summed E-state index contributed by atoms with van der Waals surface area (Å²) in [6.45, 7) is 0. The third-order valence-electron chi connectivity index (χ3n) is 8.77. The van der Waals surface area contributed by atoms with E-state index < -0.39 is 0 Å². The van der Waals surface area contributed by atoms with E-state index in [9.17, 15) is 1.37 Å². The number of benzene rings is 8. The van der Waals surface area contributed by atoms with Crippen LogP contribution in [0.15, 0.2) is 158 Å². The van der Waals surface area contributed by atoms with E-state index in [4.69, 9.17) is 4.74 Å². The normalized spacial score (nSPS) is 12.2. The minimum Gasteiger partial charge on any atom is -0.456 e. The Morgan fingerprint density at radius 3 is 1.88 bits per heavy atom. The van der Waals surface area contributed by atoms with Gasteiger partial charge in [0, 0.05) is 10.9 Å². The van der Waals surface area contributed by atoms with Crippen molar-refractivity contribution < 1.29 is 6.11 Å². The van der Waals surface area contributed by atoms with Gasteiger partial charge in [-0.3, -0.25) is 0 Å². The van der Waals surface area contributed by atoms with E-state index in [-0.39, 0.29) is 0 Å². The van der Waals surface area contributed by atoms with Crippen molar-refractivity contribution in [3.05, 3.63) is 158 Å². The summed E-state index contributed by atoms with van der Waals surface area (Å²) in [4.78, 5) is 0. The SMILES string of the molecule is [2H]c1cccc2c(-c3cccc(-c4ccccc4)c3)c3ccccc3c(-c3ccc4c5c(cccc35)-c3ccccc3O4)c12. The Bertz CT molecular complexity index is 2420. The molecule has 43 heavy (non-hydrogen) atoms. The van der Waals surface area contributed by atoms with Crippen molar-refractivity contribution in [2.45, 2.75) is 0 Å². The Morgan fingerprint density at radius 1 is 0.372 bits per heavy atom. The van der Waals surface area contributed by atoms with Gasteiger partial charge in [-0.2, -0.15) is 0 Å². The van der Waals surface area contributed by atoms with Crippen molar-refractivity contribution in [1.82, 2.24) is 0 Å². The van der Waals surface area contributed by atoms with Gasteiger partial charge in [-0.1, -0.05) is 133 Å². The van der Waals surface area contributed by atoms with Crippen LogP contribution in [0.2, 0.25) is 0 Å². The van der Waals surface area contributed by atoms with Gasteiger partial charge < -0.3 is 4.74 Å². The first-order chi connectivity index (χ1) is 21.8. The first-order valence-electron chi connectivity index (χ1n) is 15.2. The lowest BCUT2D eigenvalue weighted by molar-refractivity contribution is 0.487. The Hall–Kier alpha value is -5.66. The maximum absolute atomic E-state index is 9.28. The third-order valence-corrected chi connectivity index (χ3v) is 8.77. The number of hydrogen-bond donors (Lipinski definition) is 0. The lowest BCUT2D eigenvalue weighted by Crippen LogP contribution is -1.98. The van der Waals surface area contributed by atoms with E-state index in [1.165, 1.54) is 22.1 Å². The van der Waals surface area contributed by atoms with Gasteiger partial charge >= 0.3 is 0 Å². The highest BCUT2D eigenvalue weighted by Gasteiger charge is 2.23. The zero-order chi connectivity index (χ0) is 29.2. The van der Waals surface area contributed by atoms with Crippen LogP contribution in [0.3, 0.4) is 0 Å². The van der Waals surface area contributed by atoms with Crippen LogP contribution in [-0.4, -0.2) is 0 Å². The van der Waals surface area contributed by atoms with Crippen LogP contribution in [0.5, 0.6) is 11.5 Å². The fraction of sp³-hybridized carbons (Fsp3) is 0. The van der Waals surface area contributed by atoms with Crippen molar-refractivity contribution >= 4 is 32.3 Å². The van der Waals surface area contributed by atoms with Gasteiger partial charge in [0.1, 0.15) is 11.5 Å². The first kappa shape index (κ1) is 23.0. The first-order valence-corrected chi connectivity index (χ1v) is 14.7. The average Bonchev–Trinajstić information content (AvgIpc) is 3.08. The summed E-state index contributed by atoms with van der Waals surface area (Å²) < 4.78 is 15.7. The second kappa shape index (κ2) is 9.44. The summed E-state index contributed by atoms with van der Waals surface area (Å²) in [6, 6.07) is 53.6. The van der Waals surface area contributed by atoms with Gasteiger partial charge in [0.15, 0.2) is 0 Å². The molecule has 200 valence electrons. The van der Waals surface area contributed by atoms with E-state index in [1.807, 2.05) is 24.3 Å². The van der Waals surface area contributed by atoms with Crippen LogP contribution < -0.4 is 4.74 Å². The summed E-state index contributed by atoms with van der Waals surface area (Å²) >= 11 is 0.